The minimum absolute atomic E-state index is 0.00469. The number of carbonyl (C=O) groups excluding carboxylic acids is 2. The molecule has 4 heteroatoms. The molecule has 1 spiro atoms. The van der Waals surface area contributed by atoms with E-state index >= 15 is 0 Å². The second kappa shape index (κ2) is 8.03. The van der Waals surface area contributed by atoms with E-state index in [1.807, 2.05) is 72.8 Å². The number of hydrogen-bond donors (Lipinski definition) is 2. The van der Waals surface area contributed by atoms with Gasteiger partial charge in [0.1, 0.15) is 5.54 Å². The summed E-state index contributed by atoms with van der Waals surface area (Å²) in [5.74, 6) is -0.394. The van der Waals surface area contributed by atoms with Crippen molar-refractivity contribution in [2.45, 2.75) is 37.8 Å². The van der Waals surface area contributed by atoms with Gasteiger partial charge in [-0.15, -0.1) is 0 Å². The Morgan fingerprint density at radius 3 is 2.22 bits per heavy atom. The smallest absolute Gasteiger partial charge is 0.250 e. The standard InChI is InChI=1S/C28H28N2O2/c1-18(2)17-23-24(19-11-5-3-6-12-19)25(26(31)20-13-7-4-8-14-20)28(30-23)21-15-9-10-16-22(21)29-27(28)32/h3-16,18,23-25,30H,17H2,1-2H3,(H,29,32)/t23-,24+,25-,28+/m1/s1. The van der Waals surface area contributed by atoms with Crippen LogP contribution in [0.25, 0.3) is 0 Å². The van der Waals surface area contributed by atoms with Crippen molar-refractivity contribution in [2.75, 3.05) is 5.32 Å². The van der Waals surface area contributed by atoms with Crippen LogP contribution in [0.2, 0.25) is 0 Å². The van der Waals surface area contributed by atoms with Crippen molar-refractivity contribution in [1.82, 2.24) is 5.32 Å². The zero-order chi connectivity index (χ0) is 22.3. The van der Waals surface area contributed by atoms with E-state index in [0.717, 1.165) is 23.2 Å². The Bertz CT molecular complexity index is 1140. The van der Waals surface area contributed by atoms with Crippen LogP contribution in [0.1, 0.15) is 47.7 Å². The van der Waals surface area contributed by atoms with Gasteiger partial charge in [-0.05, 0) is 24.0 Å². The van der Waals surface area contributed by atoms with Crippen molar-refractivity contribution in [3.05, 3.63) is 102 Å². The number of rotatable bonds is 5. The molecule has 2 aliphatic heterocycles. The Kier molecular flexibility index (Phi) is 5.18. The quantitative estimate of drug-likeness (QED) is 0.558. The van der Waals surface area contributed by atoms with Crippen LogP contribution in [0, 0.1) is 11.8 Å². The number of nitrogens with one attached hydrogen (secondary N) is 2. The number of ketones is 1. The number of para-hydroxylation sites is 1. The van der Waals surface area contributed by atoms with Crippen LogP contribution in [-0.2, 0) is 10.3 Å². The second-order valence-electron chi connectivity index (χ2n) is 9.33. The topological polar surface area (TPSA) is 58.2 Å². The fourth-order valence-electron chi connectivity index (χ4n) is 5.66. The highest BCUT2D eigenvalue weighted by atomic mass is 16.2. The Labute approximate surface area is 189 Å². The van der Waals surface area contributed by atoms with Gasteiger partial charge in [0.05, 0.1) is 5.92 Å². The van der Waals surface area contributed by atoms with Crippen molar-refractivity contribution < 1.29 is 9.59 Å². The molecule has 0 aliphatic carbocycles. The van der Waals surface area contributed by atoms with E-state index in [2.05, 4.69) is 36.6 Å². The number of benzene rings is 3. The molecule has 4 nitrogen and oxygen atoms in total. The van der Waals surface area contributed by atoms with Crippen molar-refractivity contribution in [1.29, 1.82) is 0 Å². The van der Waals surface area contributed by atoms with E-state index in [1.165, 1.54) is 0 Å². The Morgan fingerprint density at radius 2 is 1.53 bits per heavy atom. The minimum Gasteiger partial charge on any atom is -0.324 e. The zero-order valence-corrected chi connectivity index (χ0v) is 18.4. The maximum atomic E-state index is 14.2. The number of hydrogen-bond acceptors (Lipinski definition) is 3. The summed E-state index contributed by atoms with van der Waals surface area (Å²) in [7, 11) is 0. The second-order valence-corrected chi connectivity index (χ2v) is 9.33. The number of Topliss-reactive ketones (excluding diaryl/α,β-unsaturated/α-hetero) is 1. The van der Waals surface area contributed by atoms with Crippen LogP contribution in [0.15, 0.2) is 84.9 Å². The predicted molar refractivity (Wildman–Crippen MR) is 127 cm³/mol. The zero-order valence-electron chi connectivity index (χ0n) is 18.4. The summed E-state index contributed by atoms with van der Waals surface area (Å²) in [6.07, 6.45) is 0.870. The summed E-state index contributed by atoms with van der Waals surface area (Å²) in [6, 6.07) is 27.3. The molecule has 3 aromatic carbocycles. The van der Waals surface area contributed by atoms with Crippen molar-refractivity contribution in [3.8, 4) is 0 Å². The third-order valence-electron chi connectivity index (χ3n) is 6.88. The summed E-state index contributed by atoms with van der Waals surface area (Å²) in [4.78, 5) is 27.8. The largest absolute Gasteiger partial charge is 0.324 e. The van der Waals surface area contributed by atoms with Gasteiger partial charge in [-0.2, -0.15) is 0 Å². The summed E-state index contributed by atoms with van der Waals surface area (Å²) in [5.41, 5.74) is 2.29. The van der Waals surface area contributed by atoms with Gasteiger partial charge in [0.15, 0.2) is 5.78 Å². The third kappa shape index (κ3) is 3.18. The summed E-state index contributed by atoms with van der Waals surface area (Å²) >= 11 is 0. The first-order chi connectivity index (χ1) is 15.5. The SMILES string of the molecule is CC(C)C[C@H]1N[C@]2(C(=O)Nc3ccccc32)[C@@H](C(=O)c2ccccc2)[C@H]1c1ccccc1. The highest BCUT2D eigenvalue weighted by molar-refractivity contribution is 6.12. The van der Waals surface area contributed by atoms with Crippen molar-refractivity contribution in [2.24, 2.45) is 11.8 Å². The molecule has 0 unspecified atom stereocenters. The third-order valence-corrected chi connectivity index (χ3v) is 6.88. The molecule has 1 fully saturated rings. The molecule has 5 rings (SSSR count). The Morgan fingerprint density at radius 1 is 0.906 bits per heavy atom. The van der Waals surface area contributed by atoms with Crippen LogP contribution in [0.3, 0.4) is 0 Å². The summed E-state index contributed by atoms with van der Waals surface area (Å²) in [6.45, 7) is 4.37. The maximum absolute atomic E-state index is 14.2. The Hall–Kier alpha value is -3.24. The highest BCUT2D eigenvalue weighted by Crippen LogP contribution is 2.54. The average molecular weight is 425 g/mol. The van der Waals surface area contributed by atoms with E-state index in [9.17, 15) is 9.59 Å². The molecule has 162 valence electrons. The van der Waals surface area contributed by atoms with Gasteiger partial charge in [-0.25, -0.2) is 0 Å². The molecular formula is C28H28N2O2. The average Bonchev–Trinajstić information content (AvgIpc) is 3.29. The highest BCUT2D eigenvalue weighted by Gasteiger charge is 2.64. The number of carbonyl (C=O) groups is 2. The van der Waals surface area contributed by atoms with Gasteiger partial charge >= 0.3 is 0 Å². The predicted octanol–water partition coefficient (Wildman–Crippen LogP) is 5.13. The molecule has 2 heterocycles. The molecule has 0 saturated carbocycles. The molecule has 2 aliphatic rings. The summed E-state index contributed by atoms with van der Waals surface area (Å²) in [5, 5.41) is 6.78. The maximum Gasteiger partial charge on any atom is 0.250 e. The van der Waals surface area contributed by atoms with Gasteiger partial charge in [0, 0.05) is 28.8 Å². The Balaban J connectivity index is 1.74. The lowest BCUT2D eigenvalue weighted by Crippen LogP contribution is -2.51. The van der Waals surface area contributed by atoms with Crippen molar-refractivity contribution in [3.63, 3.8) is 0 Å². The molecule has 1 amide bonds. The van der Waals surface area contributed by atoms with E-state index < -0.39 is 11.5 Å². The van der Waals surface area contributed by atoms with Crippen LogP contribution >= 0.6 is 0 Å². The summed E-state index contributed by atoms with van der Waals surface area (Å²) < 4.78 is 0. The molecule has 4 atom stereocenters. The molecule has 32 heavy (non-hydrogen) atoms. The minimum atomic E-state index is -1.09. The molecule has 2 N–H and O–H groups in total. The lowest BCUT2D eigenvalue weighted by atomic mass is 9.69. The van der Waals surface area contributed by atoms with Gasteiger partial charge in [0.2, 0.25) is 5.91 Å². The van der Waals surface area contributed by atoms with E-state index in [4.69, 9.17) is 0 Å². The fourth-order valence-corrected chi connectivity index (χ4v) is 5.66. The first-order valence-corrected chi connectivity index (χ1v) is 11.3. The normalized spacial score (nSPS) is 26.3. The lowest BCUT2D eigenvalue weighted by Gasteiger charge is -2.31. The molecule has 3 aromatic rings. The van der Waals surface area contributed by atoms with E-state index in [1.54, 1.807) is 0 Å². The number of anilines is 1. The first-order valence-electron chi connectivity index (χ1n) is 11.3. The molecule has 0 radical (unpaired) electrons. The van der Waals surface area contributed by atoms with E-state index in [-0.39, 0.29) is 23.7 Å². The monoisotopic (exact) mass is 424 g/mol. The van der Waals surface area contributed by atoms with Crippen LogP contribution in [0.4, 0.5) is 5.69 Å². The number of amides is 1. The van der Waals surface area contributed by atoms with Gasteiger partial charge in [-0.3, -0.25) is 14.9 Å². The van der Waals surface area contributed by atoms with Gasteiger partial charge < -0.3 is 5.32 Å². The van der Waals surface area contributed by atoms with E-state index in [0.29, 0.717) is 11.5 Å². The van der Waals surface area contributed by atoms with Crippen LogP contribution in [0.5, 0.6) is 0 Å². The fraction of sp³-hybridized carbons (Fsp3) is 0.286. The molecule has 1 saturated heterocycles. The molecular weight excluding hydrogens is 396 g/mol. The van der Waals surface area contributed by atoms with Crippen molar-refractivity contribution >= 4 is 17.4 Å². The first kappa shape index (κ1) is 20.7. The van der Waals surface area contributed by atoms with Crippen LogP contribution in [-0.4, -0.2) is 17.7 Å². The van der Waals surface area contributed by atoms with Gasteiger partial charge in [-0.1, -0.05) is 92.7 Å². The lowest BCUT2D eigenvalue weighted by molar-refractivity contribution is -0.122. The van der Waals surface area contributed by atoms with Gasteiger partial charge in [0.25, 0.3) is 0 Å². The molecule has 0 bridgehead atoms. The molecule has 0 aromatic heterocycles. The number of fused-ring (bicyclic) bond motifs is 2. The van der Waals surface area contributed by atoms with Crippen LogP contribution < -0.4 is 10.6 Å².